The largest absolute Gasteiger partial charge is 0.143 e. The van der Waals surface area contributed by atoms with E-state index in [0.717, 1.165) is 0 Å². The predicted molar refractivity (Wildman–Crippen MR) is 66.1 cm³/mol. The van der Waals surface area contributed by atoms with Crippen molar-refractivity contribution < 1.29 is 0 Å². The lowest BCUT2D eigenvalue weighted by molar-refractivity contribution is 1.69. The Kier molecular flexibility index (Phi) is 2.04. The summed E-state index contributed by atoms with van der Waals surface area (Å²) < 4.78 is 1.33. The first kappa shape index (κ1) is 8.69. The molecule has 0 aliphatic carbocycles. The first-order valence-corrected chi connectivity index (χ1v) is 5.76. The number of benzene rings is 2. The molecular formula is C14H9S. The first-order chi connectivity index (χ1) is 7.45. The van der Waals surface area contributed by atoms with Crippen LogP contribution in [0.4, 0.5) is 0 Å². The highest BCUT2D eigenvalue weighted by molar-refractivity contribution is 7.17. The predicted octanol–water partition coefficient (Wildman–Crippen LogP) is 4.37. The lowest BCUT2D eigenvalue weighted by Crippen LogP contribution is -1.73. The van der Waals surface area contributed by atoms with Gasteiger partial charge in [0.25, 0.3) is 0 Å². The smallest absolute Gasteiger partial charge is 0.0349 e. The molecule has 0 fully saturated rings. The van der Waals surface area contributed by atoms with Crippen molar-refractivity contribution in [3.63, 3.8) is 0 Å². The van der Waals surface area contributed by atoms with E-state index in [1.807, 2.05) is 12.1 Å². The Morgan fingerprint density at radius 3 is 2.73 bits per heavy atom. The Hall–Kier alpha value is -1.60. The molecule has 0 N–H and O–H groups in total. The van der Waals surface area contributed by atoms with Gasteiger partial charge in [0.2, 0.25) is 0 Å². The Labute approximate surface area is 92.8 Å². The molecule has 2 aromatic carbocycles. The van der Waals surface area contributed by atoms with Gasteiger partial charge in [-0.05, 0) is 29.1 Å². The van der Waals surface area contributed by atoms with Crippen LogP contribution in [0.1, 0.15) is 0 Å². The van der Waals surface area contributed by atoms with E-state index in [4.69, 9.17) is 0 Å². The molecule has 0 atom stereocenters. The van der Waals surface area contributed by atoms with E-state index in [-0.39, 0.29) is 0 Å². The lowest BCUT2D eigenvalue weighted by atomic mass is 10.1. The standard InChI is InChI=1S/C14H9S/c1-2-6-11(7-3-1)13-10-15-14-9-5-4-8-12(13)14/h1-3,5-10H. The Balaban J connectivity index is 2.28. The van der Waals surface area contributed by atoms with Gasteiger partial charge in [-0.3, -0.25) is 0 Å². The molecule has 1 aromatic heterocycles. The van der Waals surface area contributed by atoms with Gasteiger partial charge in [-0.25, -0.2) is 0 Å². The quantitative estimate of drug-likeness (QED) is 0.558. The molecule has 1 heteroatoms. The minimum absolute atomic E-state index is 1.28. The highest BCUT2D eigenvalue weighted by Gasteiger charge is 2.04. The van der Waals surface area contributed by atoms with Crippen LogP contribution in [0.2, 0.25) is 0 Å². The SMILES string of the molecule is [c]1ccc2scc(-c3ccccc3)c2c1. The van der Waals surface area contributed by atoms with Crippen molar-refractivity contribution in [2.24, 2.45) is 0 Å². The van der Waals surface area contributed by atoms with Crippen molar-refractivity contribution in [1.82, 2.24) is 0 Å². The second-order valence-corrected chi connectivity index (χ2v) is 4.35. The van der Waals surface area contributed by atoms with E-state index in [9.17, 15) is 0 Å². The molecule has 0 saturated heterocycles. The summed E-state index contributed by atoms with van der Waals surface area (Å²) in [4.78, 5) is 0. The fourth-order valence-electron chi connectivity index (χ4n) is 1.76. The Morgan fingerprint density at radius 2 is 1.87 bits per heavy atom. The number of fused-ring (bicyclic) bond motifs is 1. The molecule has 0 spiro atoms. The highest BCUT2D eigenvalue weighted by atomic mass is 32.1. The third kappa shape index (κ3) is 1.45. The van der Waals surface area contributed by atoms with Crippen molar-refractivity contribution in [2.75, 3.05) is 0 Å². The highest BCUT2D eigenvalue weighted by Crippen LogP contribution is 2.33. The molecule has 15 heavy (non-hydrogen) atoms. The van der Waals surface area contributed by atoms with Crippen molar-refractivity contribution >= 4 is 21.4 Å². The first-order valence-electron chi connectivity index (χ1n) is 4.88. The summed E-state index contributed by atoms with van der Waals surface area (Å²) in [5.74, 6) is 0. The minimum atomic E-state index is 1.28. The maximum absolute atomic E-state index is 3.14. The second kappa shape index (κ2) is 3.52. The van der Waals surface area contributed by atoms with Crippen molar-refractivity contribution in [1.29, 1.82) is 0 Å². The average molecular weight is 209 g/mol. The van der Waals surface area contributed by atoms with Gasteiger partial charge >= 0.3 is 0 Å². The molecular weight excluding hydrogens is 200 g/mol. The van der Waals surface area contributed by atoms with Crippen LogP contribution in [0.25, 0.3) is 21.2 Å². The van der Waals surface area contributed by atoms with E-state index in [2.05, 4.69) is 47.8 Å². The molecule has 0 aliphatic heterocycles. The summed E-state index contributed by atoms with van der Waals surface area (Å²) in [5, 5.41) is 3.52. The van der Waals surface area contributed by atoms with Gasteiger partial charge in [-0.15, -0.1) is 11.3 Å². The minimum Gasteiger partial charge on any atom is -0.143 e. The molecule has 3 rings (SSSR count). The van der Waals surface area contributed by atoms with Gasteiger partial charge in [-0.2, -0.15) is 0 Å². The van der Waals surface area contributed by atoms with Gasteiger partial charge in [0, 0.05) is 15.6 Å². The van der Waals surface area contributed by atoms with Gasteiger partial charge in [0.15, 0.2) is 0 Å². The van der Waals surface area contributed by atoms with Crippen LogP contribution in [-0.4, -0.2) is 0 Å². The third-order valence-corrected chi connectivity index (χ3v) is 3.47. The monoisotopic (exact) mass is 209 g/mol. The summed E-state index contributed by atoms with van der Waals surface area (Å²) >= 11 is 1.79. The summed E-state index contributed by atoms with van der Waals surface area (Å²) in [5.41, 5.74) is 2.59. The molecule has 0 bridgehead atoms. The number of rotatable bonds is 1. The summed E-state index contributed by atoms with van der Waals surface area (Å²) in [6.07, 6.45) is 0. The van der Waals surface area contributed by atoms with E-state index in [1.54, 1.807) is 11.3 Å². The van der Waals surface area contributed by atoms with Crippen LogP contribution in [0, 0.1) is 6.07 Å². The van der Waals surface area contributed by atoms with E-state index < -0.39 is 0 Å². The Bertz CT molecular complexity index is 578. The third-order valence-electron chi connectivity index (χ3n) is 2.50. The maximum atomic E-state index is 3.14. The van der Waals surface area contributed by atoms with Crippen molar-refractivity contribution in [3.05, 3.63) is 60.0 Å². The zero-order valence-corrected chi connectivity index (χ0v) is 8.92. The van der Waals surface area contributed by atoms with Gasteiger partial charge < -0.3 is 0 Å². The fraction of sp³-hybridized carbons (Fsp3) is 0. The molecule has 0 unspecified atom stereocenters. The molecule has 0 saturated carbocycles. The summed E-state index contributed by atoms with van der Waals surface area (Å²) in [6, 6.07) is 19.8. The van der Waals surface area contributed by atoms with Gasteiger partial charge in [0.1, 0.15) is 0 Å². The maximum Gasteiger partial charge on any atom is 0.0349 e. The fourth-order valence-corrected chi connectivity index (χ4v) is 2.71. The molecule has 3 aromatic rings. The number of hydrogen-bond donors (Lipinski definition) is 0. The normalized spacial score (nSPS) is 10.7. The number of hydrogen-bond acceptors (Lipinski definition) is 1. The second-order valence-electron chi connectivity index (χ2n) is 3.44. The van der Waals surface area contributed by atoms with Crippen molar-refractivity contribution in [2.45, 2.75) is 0 Å². The average Bonchev–Trinajstić information content (AvgIpc) is 2.74. The van der Waals surface area contributed by atoms with Gasteiger partial charge in [0.05, 0.1) is 0 Å². The summed E-state index contributed by atoms with van der Waals surface area (Å²) in [7, 11) is 0. The van der Waals surface area contributed by atoms with Crippen LogP contribution in [0.3, 0.4) is 0 Å². The van der Waals surface area contributed by atoms with Gasteiger partial charge in [-0.1, -0.05) is 36.4 Å². The zero-order valence-electron chi connectivity index (χ0n) is 8.10. The molecule has 0 amide bonds. The van der Waals surface area contributed by atoms with E-state index in [0.29, 0.717) is 0 Å². The Morgan fingerprint density at radius 1 is 1.00 bits per heavy atom. The van der Waals surface area contributed by atoms with Crippen LogP contribution in [0.5, 0.6) is 0 Å². The molecule has 1 radical (unpaired) electrons. The molecule has 0 nitrogen and oxygen atoms in total. The summed E-state index contributed by atoms with van der Waals surface area (Å²) in [6.45, 7) is 0. The molecule has 71 valence electrons. The van der Waals surface area contributed by atoms with Crippen LogP contribution in [0.15, 0.2) is 53.9 Å². The number of thiophene rings is 1. The van der Waals surface area contributed by atoms with Crippen LogP contribution >= 0.6 is 11.3 Å². The van der Waals surface area contributed by atoms with E-state index in [1.165, 1.54) is 21.2 Å². The van der Waals surface area contributed by atoms with E-state index >= 15 is 0 Å². The van der Waals surface area contributed by atoms with Crippen LogP contribution in [-0.2, 0) is 0 Å². The zero-order chi connectivity index (χ0) is 10.1. The molecule has 0 aliphatic rings. The molecule has 1 heterocycles. The van der Waals surface area contributed by atoms with Crippen molar-refractivity contribution in [3.8, 4) is 11.1 Å². The topological polar surface area (TPSA) is 0 Å². The lowest BCUT2D eigenvalue weighted by Gasteiger charge is -1.98. The van der Waals surface area contributed by atoms with Crippen LogP contribution < -0.4 is 0 Å².